The lowest BCUT2D eigenvalue weighted by molar-refractivity contribution is 0.546. The van der Waals surface area contributed by atoms with Gasteiger partial charge in [0.2, 0.25) is 0 Å². The minimum absolute atomic E-state index is 0.847. The van der Waals surface area contributed by atoms with Crippen molar-refractivity contribution < 1.29 is 8.76 Å². The number of rotatable bonds is 1. The maximum atomic E-state index is 9.44. The summed E-state index contributed by atoms with van der Waals surface area (Å²) >= 11 is -2.11. The topological polar surface area (TPSA) is 40.1 Å². The monoisotopic (exact) mass is 103 g/mol. The van der Waals surface area contributed by atoms with E-state index in [0.717, 1.165) is 5.41 Å². The molecule has 0 heterocycles. The van der Waals surface area contributed by atoms with Gasteiger partial charge in [0.05, 0.1) is 0 Å². The fraction of sp³-hybridized carbons (Fsp3) is 0. The van der Waals surface area contributed by atoms with Gasteiger partial charge in [0.1, 0.15) is 0 Å². The molecule has 0 aromatic heterocycles. The minimum atomic E-state index is -2.11. The summed E-state index contributed by atoms with van der Waals surface area (Å²) in [4.78, 5) is 0. The molecule has 0 radical (unpaired) electrons. The second kappa shape index (κ2) is 2.85. The molecule has 0 aromatic rings. The van der Waals surface area contributed by atoms with E-state index in [9.17, 15) is 8.76 Å². The van der Waals surface area contributed by atoms with Crippen molar-refractivity contribution in [3.8, 4) is 0 Å². The van der Waals surface area contributed by atoms with Gasteiger partial charge >= 0.3 is 0 Å². The SMILES string of the molecule is C=C=CS(=O)[O-]. The van der Waals surface area contributed by atoms with Crippen LogP contribution in [0.5, 0.6) is 0 Å². The molecule has 0 aliphatic carbocycles. The van der Waals surface area contributed by atoms with Gasteiger partial charge in [0, 0.05) is 5.41 Å². The third kappa shape index (κ3) is 3.63. The van der Waals surface area contributed by atoms with Crippen molar-refractivity contribution in [2.45, 2.75) is 0 Å². The number of hydrogen-bond acceptors (Lipinski definition) is 2. The van der Waals surface area contributed by atoms with Crippen LogP contribution in [0, 0.1) is 0 Å². The summed E-state index contributed by atoms with van der Waals surface area (Å²) in [7, 11) is 0. The zero-order valence-electron chi connectivity index (χ0n) is 3.01. The van der Waals surface area contributed by atoms with Crippen molar-refractivity contribution in [1.29, 1.82) is 0 Å². The van der Waals surface area contributed by atoms with Gasteiger partial charge in [-0.2, -0.15) is 0 Å². The highest BCUT2D eigenvalue weighted by atomic mass is 32.2. The molecular formula is C3H3O2S-. The van der Waals surface area contributed by atoms with Crippen LogP contribution in [0.2, 0.25) is 0 Å². The molecule has 3 heteroatoms. The molecule has 0 fully saturated rings. The van der Waals surface area contributed by atoms with Crippen LogP contribution in [0.4, 0.5) is 0 Å². The third-order valence-corrected chi connectivity index (χ3v) is 0.539. The lowest BCUT2D eigenvalue weighted by atomic mass is 11.0. The molecule has 0 aromatic carbocycles. The van der Waals surface area contributed by atoms with Crippen molar-refractivity contribution in [3.63, 3.8) is 0 Å². The second-order valence-corrected chi connectivity index (χ2v) is 1.34. The first-order valence-corrected chi connectivity index (χ1v) is 2.35. The normalized spacial score (nSPS) is 12.2. The molecule has 1 unspecified atom stereocenters. The van der Waals surface area contributed by atoms with E-state index in [4.69, 9.17) is 0 Å². The van der Waals surface area contributed by atoms with Crippen LogP contribution in [0.3, 0.4) is 0 Å². The van der Waals surface area contributed by atoms with Gasteiger partial charge in [-0.3, -0.25) is 4.21 Å². The van der Waals surface area contributed by atoms with Gasteiger partial charge in [0.15, 0.2) is 0 Å². The van der Waals surface area contributed by atoms with E-state index in [1.165, 1.54) is 0 Å². The molecule has 0 aliphatic rings. The zero-order valence-corrected chi connectivity index (χ0v) is 3.83. The molecule has 0 spiro atoms. The quantitative estimate of drug-likeness (QED) is 0.350. The van der Waals surface area contributed by atoms with Gasteiger partial charge in [-0.25, -0.2) is 0 Å². The molecule has 1 atom stereocenters. The van der Waals surface area contributed by atoms with E-state index in [-0.39, 0.29) is 0 Å². The smallest absolute Gasteiger partial charge is 0.0299 e. The summed E-state index contributed by atoms with van der Waals surface area (Å²) < 4.78 is 18.9. The number of hydrogen-bond donors (Lipinski definition) is 0. The van der Waals surface area contributed by atoms with Crippen LogP contribution in [-0.2, 0) is 11.1 Å². The lowest BCUT2D eigenvalue weighted by Gasteiger charge is -1.87. The molecule has 6 heavy (non-hydrogen) atoms. The first kappa shape index (κ1) is 5.63. The van der Waals surface area contributed by atoms with Gasteiger partial charge in [-0.1, -0.05) is 6.58 Å². The van der Waals surface area contributed by atoms with Crippen molar-refractivity contribution >= 4 is 11.1 Å². The van der Waals surface area contributed by atoms with Gasteiger partial charge in [-0.15, -0.1) is 5.73 Å². The second-order valence-electron chi connectivity index (χ2n) is 0.582. The summed E-state index contributed by atoms with van der Waals surface area (Å²) in [6.07, 6.45) is 0. The maximum absolute atomic E-state index is 9.44. The largest absolute Gasteiger partial charge is 0.768 e. The molecule has 0 aliphatic heterocycles. The summed E-state index contributed by atoms with van der Waals surface area (Å²) in [5.74, 6) is 0. The Bertz CT molecular complexity index is 101. The van der Waals surface area contributed by atoms with E-state index in [1.807, 2.05) is 0 Å². The van der Waals surface area contributed by atoms with Crippen molar-refractivity contribution in [1.82, 2.24) is 0 Å². The van der Waals surface area contributed by atoms with E-state index in [0.29, 0.717) is 0 Å². The van der Waals surface area contributed by atoms with Crippen LogP contribution in [0.1, 0.15) is 0 Å². The van der Waals surface area contributed by atoms with Crippen LogP contribution >= 0.6 is 0 Å². The molecule has 0 bridgehead atoms. The Hall–Kier alpha value is -0.370. The maximum Gasteiger partial charge on any atom is 0.0299 e. The molecule has 0 saturated heterocycles. The fourth-order valence-electron chi connectivity index (χ4n) is 0.0680. The standard InChI is InChI=1S/C3H4O2S/c1-2-3-6(4)5/h3H,1H2,(H,4,5)/p-1. The van der Waals surface area contributed by atoms with E-state index >= 15 is 0 Å². The van der Waals surface area contributed by atoms with Crippen LogP contribution in [-0.4, -0.2) is 8.76 Å². The van der Waals surface area contributed by atoms with Crippen LogP contribution in [0.25, 0.3) is 0 Å². The Kier molecular flexibility index (Phi) is 2.67. The Morgan fingerprint density at radius 2 is 2.50 bits per heavy atom. The summed E-state index contributed by atoms with van der Waals surface area (Å²) in [5, 5.41) is 0.847. The van der Waals surface area contributed by atoms with Gasteiger partial charge in [0.25, 0.3) is 0 Å². The predicted molar refractivity (Wildman–Crippen MR) is 22.6 cm³/mol. The highest BCUT2D eigenvalue weighted by Crippen LogP contribution is 1.67. The molecule has 0 saturated carbocycles. The Morgan fingerprint density at radius 3 is 2.50 bits per heavy atom. The summed E-state index contributed by atoms with van der Waals surface area (Å²) in [5.41, 5.74) is 2.08. The van der Waals surface area contributed by atoms with Crippen molar-refractivity contribution in [2.75, 3.05) is 0 Å². The van der Waals surface area contributed by atoms with Gasteiger partial charge < -0.3 is 4.55 Å². The van der Waals surface area contributed by atoms with E-state index in [2.05, 4.69) is 12.3 Å². The predicted octanol–water partition coefficient (Wildman–Crippen LogP) is 0.164. The highest BCUT2D eigenvalue weighted by molar-refractivity contribution is 7.82. The lowest BCUT2D eigenvalue weighted by Crippen LogP contribution is -1.72. The molecular weight excluding hydrogens is 100 g/mol. The van der Waals surface area contributed by atoms with Crippen LogP contribution in [0.15, 0.2) is 17.7 Å². The summed E-state index contributed by atoms with van der Waals surface area (Å²) in [6, 6.07) is 0. The first-order valence-electron chi connectivity index (χ1n) is 1.21. The Balaban J connectivity index is 3.60. The average molecular weight is 103 g/mol. The average Bonchev–Trinajstić information content (AvgIpc) is 1.35. The first-order chi connectivity index (χ1) is 2.77. The van der Waals surface area contributed by atoms with E-state index in [1.54, 1.807) is 0 Å². The van der Waals surface area contributed by atoms with Crippen LogP contribution < -0.4 is 0 Å². The molecule has 2 nitrogen and oxygen atoms in total. The van der Waals surface area contributed by atoms with Gasteiger partial charge in [-0.05, 0) is 11.1 Å². The van der Waals surface area contributed by atoms with Crippen molar-refractivity contribution in [3.05, 3.63) is 17.7 Å². The molecule has 0 N–H and O–H groups in total. The Morgan fingerprint density at radius 1 is 2.00 bits per heavy atom. The summed E-state index contributed by atoms with van der Waals surface area (Å²) in [6.45, 7) is 3.03. The van der Waals surface area contributed by atoms with Crippen molar-refractivity contribution in [2.24, 2.45) is 0 Å². The fourth-order valence-corrected chi connectivity index (χ4v) is 0.204. The van der Waals surface area contributed by atoms with E-state index < -0.39 is 11.1 Å². The zero-order chi connectivity index (χ0) is 4.99. The Labute approximate surface area is 38.5 Å². The highest BCUT2D eigenvalue weighted by Gasteiger charge is 1.55. The molecule has 0 rings (SSSR count). The minimum Gasteiger partial charge on any atom is -0.768 e. The molecule has 34 valence electrons. The molecule has 0 amide bonds. The third-order valence-electron chi connectivity index (χ3n) is 0.180.